The van der Waals surface area contributed by atoms with Crippen LogP contribution in [0.2, 0.25) is 0 Å². The number of hydrogen-bond donors (Lipinski definition) is 0. The highest BCUT2D eigenvalue weighted by Gasteiger charge is 2.22. The van der Waals surface area contributed by atoms with E-state index in [4.69, 9.17) is 0 Å². The third-order valence-corrected chi connectivity index (χ3v) is 11.3. The highest BCUT2D eigenvalue weighted by atomic mass is 32.1. The van der Waals surface area contributed by atoms with Crippen LogP contribution in [0.1, 0.15) is 17.9 Å². The molecule has 0 bridgehead atoms. The fraction of sp³-hybridized carbons (Fsp3) is 0.0435. The summed E-state index contributed by atoms with van der Waals surface area (Å²) in [4.78, 5) is 2.47. The van der Waals surface area contributed by atoms with E-state index in [0.717, 1.165) is 6.42 Å². The van der Waals surface area contributed by atoms with Crippen LogP contribution < -0.4 is 4.90 Å². The van der Waals surface area contributed by atoms with Gasteiger partial charge in [0.2, 0.25) is 0 Å². The Morgan fingerprint density at radius 1 is 0.571 bits per heavy atom. The van der Waals surface area contributed by atoms with Crippen LogP contribution >= 0.6 is 11.3 Å². The van der Waals surface area contributed by atoms with Gasteiger partial charge in [0.25, 0.3) is 0 Å². The van der Waals surface area contributed by atoms with Crippen molar-refractivity contribution in [3.63, 3.8) is 0 Å². The number of allylic oxidation sites excluding steroid dienone is 3. The van der Waals surface area contributed by atoms with Gasteiger partial charge in [0.1, 0.15) is 0 Å². The van der Waals surface area contributed by atoms with E-state index in [1.54, 1.807) is 0 Å². The molecule has 0 spiro atoms. The number of aromatic nitrogens is 1. The second kappa shape index (κ2) is 11.4. The molecule has 2 aromatic heterocycles. The molecule has 1 aliphatic rings. The highest BCUT2D eigenvalue weighted by molar-refractivity contribution is 7.26. The number of fused-ring (bicyclic) bond motifs is 7. The summed E-state index contributed by atoms with van der Waals surface area (Å²) in [5.74, 6) is 0.297. The quantitative estimate of drug-likeness (QED) is 0.181. The largest absolute Gasteiger partial charge is 0.309 e. The first-order chi connectivity index (χ1) is 24.3. The van der Waals surface area contributed by atoms with E-state index in [9.17, 15) is 0 Å². The Hall–Kier alpha value is -5.90. The van der Waals surface area contributed by atoms with Crippen molar-refractivity contribution in [2.45, 2.75) is 12.3 Å². The molecule has 0 saturated carbocycles. The van der Waals surface area contributed by atoms with Crippen LogP contribution in [0.15, 0.2) is 182 Å². The lowest BCUT2D eigenvalue weighted by atomic mass is 9.90. The second-order valence-corrected chi connectivity index (χ2v) is 14.0. The predicted molar refractivity (Wildman–Crippen MR) is 211 cm³/mol. The third-order valence-electron chi connectivity index (χ3n) is 10.1. The Balaban J connectivity index is 1.07. The zero-order valence-electron chi connectivity index (χ0n) is 26.8. The summed E-state index contributed by atoms with van der Waals surface area (Å²) in [5.41, 5.74) is 8.62. The van der Waals surface area contributed by atoms with Crippen LogP contribution in [0.4, 0.5) is 11.4 Å². The molecule has 2 heterocycles. The highest BCUT2D eigenvalue weighted by Crippen LogP contribution is 2.45. The van der Waals surface area contributed by atoms with E-state index < -0.39 is 0 Å². The van der Waals surface area contributed by atoms with Crippen molar-refractivity contribution in [2.75, 3.05) is 4.90 Å². The zero-order chi connectivity index (χ0) is 32.3. The number of hydrogen-bond acceptors (Lipinski definition) is 2. The van der Waals surface area contributed by atoms with Gasteiger partial charge >= 0.3 is 0 Å². The van der Waals surface area contributed by atoms with E-state index in [1.165, 1.54) is 81.1 Å². The fourth-order valence-electron chi connectivity index (χ4n) is 7.75. The molecular formula is C46H32N2S. The fourth-order valence-corrected chi connectivity index (χ4v) is 8.96. The van der Waals surface area contributed by atoms with Gasteiger partial charge in [0.15, 0.2) is 0 Å². The molecule has 2 nitrogen and oxygen atoms in total. The molecule has 232 valence electrons. The summed E-state index contributed by atoms with van der Waals surface area (Å²) in [6.45, 7) is 0. The maximum atomic E-state index is 2.47. The molecule has 7 aromatic carbocycles. The van der Waals surface area contributed by atoms with Crippen molar-refractivity contribution in [1.29, 1.82) is 0 Å². The Bertz CT molecular complexity index is 2760. The second-order valence-electron chi connectivity index (χ2n) is 12.9. The summed E-state index contributed by atoms with van der Waals surface area (Å²) in [6, 6.07) is 57.5. The molecule has 0 aliphatic heterocycles. The first-order valence-electron chi connectivity index (χ1n) is 17.0. The van der Waals surface area contributed by atoms with Crippen molar-refractivity contribution >= 4 is 75.5 Å². The lowest BCUT2D eigenvalue weighted by Crippen LogP contribution is -2.17. The number of thiophene rings is 1. The summed E-state index contributed by atoms with van der Waals surface area (Å²) in [7, 11) is 0. The SMILES string of the molecule is C1=CC(c2ccc3c(c2)c2ccccc2n3-c2ccccc2)CC=C1N(c1ccc2ccccc2c1)c1cccc2c1sc1ccccc12. The standard InChI is InChI=1S/C46H32N2S/c1-2-13-35(14-3-1)48-42-18-8-6-15-38(42)41-30-34(24-28-43(41)48)32-21-25-36(26-22-32)47(37-27-23-31-11-4-5-12-33(31)29-37)44-19-10-17-40-39-16-7-9-20-45(39)49-46(40)44/h1-21,23-30,32H,22H2. The van der Waals surface area contributed by atoms with Gasteiger partial charge in [-0.15, -0.1) is 11.3 Å². The molecule has 9 aromatic rings. The van der Waals surface area contributed by atoms with Gasteiger partial charge in [-0.05, 0) is 83.4 Å². The average Bonchev–Trinajstić information content (AvgIpc) is 3.72. The zero-order valence-corrected chi connectivity index (χ0v) is 27.6. The first-order valence-corrected chi connectivity index (χ1v) is 17.8. The van der Waals surface area contributed by atoms with E-state index >= 15 is 0 Å². The Morgan fingerprint density at radius 3 is 2.20 bits per heavy atom. The monoisotopic (exact) mass is 644 g/mol. The Labute approximate surface area is 289 Å². The summed E-state index contributed by atoms with van der Waals surface area (Å²) in [5, 5.41) is 7.72. The Morgan fingerprint density at radius 2 is 1.33 bits per heavy atom. The lowest BCUT2D eigenvalue weighted by molar-refractivity contribution is 0.841. The molecule has 3 heteroatoms. The van der Waals surface area contributed by atoms with Crippen molar-refractivity contribution in [3.8, 4) is 5.69 Å². The lowest BCUT2D eigenvalue weighted by Gasteiger charge is -2.30. The normalized spacial score (nSPS) is 14.7. The molecular weight excluding hydrogens is 613 g/mol. The van der Waals surface area contributed by atoms with Gasteiger partial charge in [0.05, 0.1) is 21.4 Å². The minimum atomic E-state index is 0.297. The van der Waals surface area contributed by atoms with E-state index in [1.807, 2.05) is 11.3 Å². The number of para-hydroxylation sites is 2. The van der Waals surface area contributed by atoms with Crippen LogP contribution in [0.3, 0.4) is 0 Å². The molecule has 1 unspecified atom stereocenters. The average molecular weight is 645 g/mol. The van der Waals surface area contributed by atoms with Gasteiger partial charge in [-0.1, -0.05) is 115 Å². The van der Waals surface area contributed by atoms with Crippen molar-refractivity contribution < 1.29 is 0 Å². The molecule has 0 radical (unpaired) electrons. The minimum absolute atomic E-state index is 0.297. The van der Waals surface area contributed by atoms with Crippen LogP contribution in [0.5, 0.6) is 0 Å². The van der Waals surface area contributed by atoms with Crippen molar-refractivity contribution in [2.24, 2.45) is 0 Å². The number of nitrogens with zero attached hydrogens (tertiary/aromatic N) is 2. The number of rotatable bonds is 5. The molecule has 10 rings (SSSR count). The summed E-state index contributed by atoms with van der Waals surface area (Å²) < 4.78 is 5.02. The molecule has 0 N–H and O–H groups in total. The van der Waals surface area contributed by atoms with Crippen LogP contribution in [0, 0.1) is 0 Å². The predicted octanol–water partition coefficient (Wildman–Crippen LogP) is 13.1. The molecule has 49 heavy (non-hydrogen) atoms. The van der Waals surface area contributed by atoms with Crippen LogP contribution in [-0.4, -0.2) is 4.57 Å². The number of anilines is 2. The van der Waals surface area contributed by atoms with Gasteiger partial charge in [0, 0.05) is 49.2 Å². The van der Waals surface area contributed by atoms with E-state index in [2.05, 4.69) is 185 Å². The van der Waals surface area contributed by atoms with Gasteiger partial charge in [-0.2, -0.15) is 0 Å². The van der Waals surface area contributed by atoms with E-state index in [0.29, 0.717) is 5.92 Å². The maximum absolute atomic E-state index is 2.47. The van der Waals surface area contributed by atoms with Gasteiger partial charge in [-0.3, -0.25) is 0 Å². The molecule has 0 saturated heterocycles. The topological polar surface area (TPSA) is 8.17 Å². The maximum Gasteiger partial charge on any atom is 0.0640 e. The van der Waals surface area contributed by atoms with Crippen LogP contribution in [0.25, 0.3) is 58.4 Å². The third kappa shape index (κ3) is 4.62. The molecule has 0 amide bonds. The summed E-state index contributed by atoms with van der Waals surface area (Å²) >= 11 is 1.88. The van der Waals surface area contributed by atoms with E-state index in [-0.39, 0.29) is 0 Å². The molecule has 0 fully saturated rings. The number of benzene rings is 7. The van der Waals surface area contributed by atoms with Gasteiger partial charge in [-0.25, -0.2) is 0 Å². The van der Waals surface area contributed by atoms with Gasteiger partial charge < -0.3 is 9.47 Å². The van der Waals surface area contributed by atoms with Crippen molar-refractivity contribution in [3.05, 3.63) is 187 Å². The van der Waals surface area contributed by atoms with Crippen molar-refractivity contribution in [1.82, 2.24) is 4.57 Å². The summed E-state index contributed by atoms with van der Waals surface area (Å²) in [6.07, 6.45) is 8.11. The minimum Gasteiger partial charge on any atom is -0.309 e. The molecule has 1 aliphatic carbocycles. The Kier molecular flexibility index (Phi) is 6.53. The smallest absolute Gasteiger partial charge is 0.0640 e. The van der Waals surface area contributed by atoms with Crippen LogP contribution in [-0.2, 0) is 0 Å². The first kappa shape index (κ1) is 28.1. The molecule has 1 atom stereocenters.